The number of amides is 2. The van der Waals surface area contributed by atoms with Gasteiger partial charge in [-0.3, -0.25) is 0 Å². The van der Waals surface area contributed by atoms with Crippen molar-refractivity contribution in [2.24, 2.45) is 0 Å². The molecule has 0 aromatic heterocycles. The average Bonchev–Trinajstić information content (AvgIpc) is 2.87. The quantitative estimate of drug-likeness (QED) is 0.934. The van der Waals surface area contributed by atoms with Crippen molar-refractivity contribution >= 4 is 34.9 Å². The molecule has 0 bridgehead atoms. The van der Waals surface area contributed by atoms with Crippen LogP contribution in [0.15, 0.2) is 18.2 Å². The van der Waals surface area contributed by atoms with E-state index in [9.17, 15) is 4.79 Å². The molecule has 1 aliphatic heterocycles. The maximum Gasteiger partial charge on any atom is 0.321 e. The molecule has 0 spiro atoms. The molecule has 2 amide bonds. The fourth-order valence-electron chi connectivity index (χ4n) is 1.63. The number of nitrogens with zero attached hydrogens (tertiary/aromatic N) is 1. The van der Waals surface area contributed by atoms with E-state index in [1.807, 2.05) is 0 Å². The van der Waals surface area contributed by atoms with E-state index in [1.54, 1.807) is 25.2 Å². The summed E-state index contributed by atoms with van der Waals surface area (Å²) in [6.07, 6.45) is -0.370. The van der Waals surface area contributed by atoms with Gasteiger partial charge in [0.05, 0.1) is 35.5 Å². The molecule has 1 aromatic rings. The van der Waals surface area contributed by atoms with Gasteiger partial charge in [0, 0.05) is 7.05 Å². The van der Waals surface area contributed by atoms with Gasteiger partial charge in [0.2, 0.25) is 0 Å². The molecule has 0 saturated carbocycles. The highest BCUT2D eigenvalue weighted by Gasteiger charge is 2.21. The van der Waals surface area contributed by atoms with Gasteiger partial charge in [-0.1, -0.05) is 29.3 Å². The summed E-state index contributed by atoms with van der Waals surface area (Å²) in [7, 11) is 1.65. The summed E-state index contributed by atoms with van der Waals surface area (Å²) in [5, 5.41) is 3.40. The number of ether oxygens (including phenoxy) is 2. The van der Waals surface area contributed by atoms with Crippen LogP contribution in [0.5, 0.6) is 0 Å². The van der Waals surface area contributed by atoms with Crippen molar-refractivity contribution < 1.29 is 14.3 Å². The molecule has 1 fully saturated rings. The van der Waals surface area contributed by atoms with Crippen molar-refractivity contribution in [2.75, 3.05) is 32.1 Å². The Hall–Kier alpha value is -1.01. The van der Waals surface area contributed by atoms with Crippen molar-refractivity contribution in [3.63, 3.8) is 0 Å². The predicted molar refractivity (Wildman–Crippen MR) is 73.8 cm³/mol. The van der Waals surface area contributed by atoms with Crippen molar-refractivity contribution in [2.45, 2.75) is 6.29 Å². The van der Waals surface area contributed by atoms with Crippen LogP contribution in [0.1, 0.15) is 0 Å². The maximum atomic E-state index is 12.0. The Balaban J connectivity index is 1.94. The smallest absolute Gasteiger partial charge is 0.321 e. The summed E-state index contributed by atoms with van der Waals surface area (Å²) in [6.45, 7) is 1.46. The third-order valence-corrected chi connectivity index (χ3v) is 3.47. The number of halogens is 2. The van der Waals surface area contributed by atoms with Gasteiger partial charge in [-0.15, -0.1) is 0 Å². The number of anilines is 1. The van der Waals surface area contributed by atoms with Crippen LogP contribution in [0.25, 0.3) is 0 Å². The van der Waals surface area contributed by atoms with E-state index in [0.717, 1.165) is 0 Å². The summed E-state index contributed by atoms with van der Waals surface area (Å²) in [5.74, 6) is 0. The molecule has 1 aliphatic rings. The van der Waals surface area contributed by atoms with Crippen molar-refractivity contribution in [3.8, 4) is 0 Å². The molecule has 1 aromatic carbocycles. The first-order chi connectivity index (χ1) is 9.08. The summed E-state index contributed by atoms with van der Waals surface area (Å²) < 4.78 is 10.6. The summed E-state index contributed by atoms with van der Waals surface area (Å²) in [4.78, 5) is 13.4. The van der Waals surface area contributed by atoms with Crippen molar-refractivity contribution in [3.05, 3.63) is 28.2 Å². The van der Waals surface area contributed by atoms with E-state index < -0.39 is 0 Å². The number of hydrogen-bond acceptors (Lipinski definition) is 3. The molecule has 104 valence electrons. The summed E-state index contributed by atoms with van der Waals surface area (Å²) in [6, 6.07) is 4.75. The second-order valence-electron chi connectivity index (χ2n) is 4.08. The van der Waals surface area contributed by atoms with Crippen LogP contribution in [0.2, 0.25) is 10.0 Å². The van der Waals surface area contributed by atoms with E-state index >= 15 is 0 Å². The first kappa shape index (κ1) is 14.4. The molecule has 19 heavy (non-hydrogen) atoms. The van der Waals surface area contributed by atoms with E-state index in [2.05, 4.69) is 5.32 Å². The van der Waals surface area contributed by atoms with Gasteiger partial charge >= 0.3 is 6.03 Å². The number of benzene rings is 1. The van der Waals surface area contributed by atoms with Gasteiger partial charge in [0.1, 0.15) is 0 Å². The third-order valence-electron chi connectivity index (χ3n) is 2.65. The van der Waals surface area contributed by atoms with Crippen LogP contribution in [-0.2, 0) is 9.47 Å². The van der Waals surface area contributed by atoms with Crippen molar-refractivity contribution in [1.82, 2.24) is 4.90 Å². The number of urea groups is 1. The SMILES string of the molecule is CN(CC1OCCO1)C(=O)Nc1cccc(Cl)c1Cl. The topological polar surface area (TPSA) is 50.8 Å². The van der Waals surface area contributed by atoms with E-state index in [1.165, 1.54) is 4.90 Å². The van der Waals surface area contributed by atoms with E-state index in [0.29, 0.717) is 35.5 Å². The Morgan fingerprint density at radius 3 is 2.79 bits per heavy atom. The molecule has 0 unspecified atom stereocenters. The average molecular weight is 305 g/mol. The highest BCUT2D eigenvalue weighted by molar-refractivity contribution is 6.43. The van der Waals surface area contributed by atoms with Crippen LogP contribution in [0, 0.1) is 0 Å². The number of likely N-dealkylation sites (N-methyl/N-ethyl adjacent to an activating group) is 1. The molecule has 5 nitrogen and oxygen atoms in total. The van der Waals surface area contributed by atoms with Crippen molar-refractivity contribution in [1.29, 1.82) is 0 Å². The lowest BCUT2D eigenvalue weighted by Gasteiger charge is -2.21. The molecule has 0 aliphatic carbocycles. The lowest BCUT2D eigenvalue weighted by atomic mass is 10.3. The zero-order chi connectivity index (χ0) is 13.8. The second-order valence-corrected chi connectivity index (χ2v) is 4.87. The highest BCUT2D eigenvalue weighted by atomic mass is 35.5. The summed E-state index contributed by atoms with van der Waals surface area (Å²) >= 11 is 11.9. The van der Waals surface area contributed by atoms with Crippen LogP contribution in [0.3, 0.4) is 0 Å². The molecular weight excluding hydrogens is 291 g/mol. The Bertz CT molecular complexity index is 464. The lowest BCUT2D eigenvalue weighted by Crippen LogP contribution is -2.37. The Morgan fingerprint density at radius 2 is 2.11 bits per heavy atom. The molecule has 1 saturated heterocycles. The molecule has 7 heteroatoms. The maximum absolute atomic E-state index is 12.0. The number of rotatable bonds is 3. The number of hydrogen-bond donors (Lipinski definition) is 1. The fraction of sp³-hybridized carbons (Fsp3) is 0.417. The van der Waals surface area contributed by atoms with Crippen LogP contribution < -0.4 is 5.32 Å². The number of nitrogens with one attached hydrogen (secondary N) is 1. The first-order valence-electron chi connectivity index (χ1n) is 5.77. The highest BCUT2D eigenvalue weighted by Crippen LogP contribution is 2.29. The van der Waals surface area contributed by atoms with Crippen LogP contribution in [0.4, 0.5) is 10.5 Å². The molecular formula is C12H14Cl2N2O3. The summed E-state index contributed by atoms with van der Waals surface area (Å²) in [5.41, 5.74) is 0.472. The first-order valence-corrected chi connectivity index (χ1v) is 6.53. The molecule has 1 N–H and O–H groups in total. The minimum atomic E-state index is -0.370. The standard InChI is InChI=1S/C12H14Cl2N2O3/c1-16(7-10-18-5-6-19-10)12(17)15-9-4-2-3-8(13)11(9)14/h2-4,10H,5-7H2,1H3,(H,15,17). The van der Waals surface area contributed by atoms with Gasteiger partial charge < -0.3 is 19.7 Å². The predicted octanol–water partition coefficient (Wildman–Crippen LogP) is 2.83. The number of carbonyl (C=O) groups is 1. The zero-order valence-electron chi connectivity index (χ0n) is 10.4. The Morgan fingerprint density at radius 1 is 1.42 bits per heavy atom. The minimum Gasteiger partial charge on any atom is -0.348 e. The van der Waals surface area contributed by atoms with Gasteiger partial charge in [0.15, 0.2) is 6.29 Å². The normalized spacial score (nSPS) is 15.5. The van der Waals surface area contributed by atoms with E-state index in [4.69, 9.17) is 32.7 Å². The van der Waals surface area contributed by atoms with Gasteiger partial charge in [-0.2, -0.15) is 0 Å². The van der Waals surface area contributed by atoms with Gasteiger partial charge in [-0.05, 0) is 12.1 Å². The molecule has 0 atom stereocenters. The minimum absolute atomic E-state index is 0.303. The fourth-order valence-corrected chi connectivity index (χ4v) is 1.98. The second kappa shape index (κ2) is 6.43. The molecule has 2 rings (SSSR count). The van der Waals surface area contributed by atoms with Gasteiger partial charge in [0.25, 0.3) is 0 Å². The van der Waals surface area contributed by atoms with E-state index in [-0.39, 0.29) is 12.3 Å². The number of carbonyl (C=O) groups excluding carboxylic acids is 1. The Kier molecular flexibility index (Phi) is 4.87. The van der Waals surface area contributed by atoms with Gasteiger partial charge in [-0.25, -0.2) is 4.79 Å². The zero-order valence-corrected chi connectivity index (χ0v) is 11.9. The molecule has 1 heterocycles. The lowest BCUT2D eigenvalue weighted by molar-refractivity contribution is -0.0518. The monoisotopic (exact) mass is 304 g/mol. The third kappa shape index (κ3) is 3.73. The van der Waals surface area contributed by atoms with Crippen LogP contribution in [-0.4, -0.2) is 44.0 Å². The Labute approximate surface area is 121 Å². The largest absolute Gasteiger partial charge is 0.348 e. The van der Waals surface area contributed by atoms with Crippen LogP contribution >= 0.6 is 23.2 Å². The molecule has 0 radical (unpaired) electrons.